The lowest BCUT2D eigenvalue weighted by Crippen LogP contribution is -1.89. The van der Waals surface area contributed by atoms with E-state index in [1.54, 1.807) is 6.20 Å². The average Bonchev–Trinajstić information content (AvgIpc) is 2.51. The van der Waals surface area contributed by atoms with Crippen molar-refractivity contribution >= 4 is 0 Å². The molecular weight excluding hydrogens is 246 g/mol. The highest BCUT2D eigenvalue weighted by molar-refractivity contribution is 5.34. The van der Waals surface area contributed by atoms with Gasteiger partial charge in [0.25, 0.3) is 0 Å². The highest BCUT2D eigenvalue weighted by Crippen LogP contribution is 2.21. The number of benzene rings is 2. The molecule has 0 radical (unpaired) electrons. The predicted molar refractivity (Wildman–Crippen MR) is 80.0 cm³/mol. The summed E-state index contributed by atoms with van der Waals surface area (Å²) in [5.74, 6) is 1.71. The molecule has 98 valence electrons. The van der Waals surface area contributed by atoms with Crippen LogP contribution in [0.5, 0.6) is 11.5 Å². The second-order valence-corrected chi connectivity index (χ2v) is 4.60. The minimum atomic E-state index is 0.853. The zero-order valence-electron chi connectivity index (χ0n) is 11.1. The molecule has 1 aromatic heterocycles. The number of aromatic nitrogens is 1. The molecule has 3 aromatic rings. The fourth-order valence-electron chi connectivity index (χ4n) is 2.04. The summed E-state index contributed by atoms with van der Waals surface area (Å²) in [4.78, 5) is 4.13. The maximum Gasteiger partial charge on any atom is 0.127 e. The van der Waals surface area contributed by atoms with Gasteiger partial charge >= 0.3 is 0 Å². The van der Waals surface area contributed by atoms with Gasteiger partial charge in [-0.05, 0) is 47.9 Å². The molecule has 1 heterocycles. The minimum Gasteiger partial charge on any atom is -0.457 e. The number of ether oxygens (including phenoxy) is 1. The fraction of sp³-hybridized carbons (Fsp3) is 0.0556. The third-order valence-electron chi connectivity index (χ3n) is 3.03. The molecule has 0 spiro atoms. The molecule has 0 fully saturated rings. The lowest BCUT2D eigenvalue weighted by atomic mass is 10.1. The van der Waals surface area contributed by atoms with Gasteiger partial charge in [-0.15, -0.1) is 0 Å². The normalized spacial score (nSPS) is 10.2. The van der Waals surface area contributed by atoms with E-state index >= 15 is 0 Å². The van der Waals surface area contributed by atoms with Gasteiger partial charge in [-0.3, -0.25) is 4.98 Å². The zero-order chi connectivity index (χ0) is 13.6. The van der Waals surface area contributed by atoms with E-state index in [0.717, 1.165) is 17.9 Å². The Labute approximate surface area is 118 Å². The van der Waals surface area contributed by atoms with Crippen molar-refractivity contribution in [3.8, 4) is 11.5 Å². The van der Waals surface area contributed by atoms with Gasteiger partial charge in [0.15, 0.2) is 0 Å². The molecule has 0 aliphatic rings. The Morgan fingerprint density at radius 1 is 0.700 bits per heavy atom. The van der Waals surface area contributed by atoms with Crippen LogP contribution in [0.1, 0.15) is 11.1 Å². The molecule has 2 nitrogen and oxygen atoms in total. The summed E-state index contributed by atoms with van der Waals surface area (Å²) in [5, 5.41) is 0. The van der Waals surface area contributed by atoms with Crippen LogP contribution >= 0.6 is 0 Å². The van der Waals surface area contributed by atoms with Gasteiger partial charge in [0.1, 0.15) is 11.5 Å². The van der Waals surface area contributed by atoms with Crippen molar-refractivity contribution in [2.75, 3.05) is 0 Å². The van der Waals surface area contributed by atoms with Crippen molar-refractivity contribution in [2.24, 2.45) is 0 Å². The first-order valence-electron chi connectivity index (χ1n) is 6.61. The van der Waals surface area contributed by atoms with Crippen LogP contribution in [0.25, 0.3) is 0 Å². The van der Waals surface area contributed by atoms with Crippen molar-refractivity contribution in [1.29, 1.82) is 0 Å². The van der Waals surface area contributed by atoms with E-state index in [0.29, 0.717) is 0 Å². The summed E-state index contributed by atoms with van der Waals surface area (Å²) in [6.07, 6.45) is 4.58. The van der Waals surface area contributed by atoms with E-state index in [4.69, 9.17) is 4.74 Å². The SMILES string of the molecule is c1ccc(Oc2ccc(Cc3cccnc3)cc2)cc1. The minimum absolute atomic E-state index is 0.853. The predicted octanol–water partition coefficient (Wildman–Crippen LogP) is 4.46. The number of para-hydroxylation sites is 1. The third-order valence-corrected chi connectivity index (χ3v) is 3.03. The van der Waals surface area contributed by atoms with E-state index in [-0.39, 0.29) is 0 Å². The lowest BCUT2D eigenvalue weighted by molar-refractivity contribution is 0.482. The van der Waals surface area contributed by atoms with Gasteiger partial charge in [0, 0.05) is 12.4 Å². The van der Waals surface area contributed by atoms with Crippen molar-refractivity contribution in [3.05, 3.63) is 90.3 Å². The first-order chi connectivity index (χ1) is 9.90. The van der Waals surface area contributed by atoms with E-state index in [2.05, 4.69) is 23.2 Å². The molecule has 0 amide bonds. The molecule has 0 aliphatic carbocycles. The summed E-state index contributed by atoms with van der Waals surface area (Å²) < 4.78 is 5.77. The molecule has 2 aromatic carbocycles. The monoisotopic (exact) mass is 261 g/mol. The molecule has 2 heteroatoms. The topological polar surface area (TPSA) is 22.1 Å². The summed E-state index contributed by atoms with van der Waals surface area (Å²) in [5.41, 5.74) is 2.46. The summed E-state index contributed by atoms with van der Waals surface area (Å²) >= 11 is 0. The van der Waals surface area contributed by atoms with Crippen LogP contribution in [0.4, 0.5) is 0 Å². The van der Waals surface area contributed by atoms with Gasteiger partial charge in [0.2, 0.25) is 0 Å². The molecule has 0 unspecified atom stereocenters. The largest absolute Gasteiger partial charge is 0.457 e. The molecule has 0 atom stereocenters. The maximum absolute atomic E-state index is 5.77. The maximum atomic E-state index is 5.77. The Morgan fingerprint density at radius 2 is 1.45 bits per heavy atom. The van der Waals surface area contributed by atoms with Gasteiger partial charge in [-0.2, -0.15) is 0 Å². The number of nitrogens with zero attached hydrogens (tertiary/aromatic N) is 1. The molecule has 20 heavy (non-hydrogen) atoms. The van der Waals surface area contributed by atoms with Crippen molar-refractivity contribution in [2.45, 2.75) is 6.42 Å². The quantitative estimate of drug-likeness (QED) is 0.691. The Morgan fingerprint density at radius 3 is 2.15 bits per heavy atom. The Hall–Kier alpha value is -2.61. The first-order valence-corrected chi connectivity index (χ1v) is 6.61. The van der Waals surface area contributed by atoms with Crippen molar-refractivity contribution in [1.82, 2.24) is 4.98 Å². The Kier molecular flexibility index (Phi) is 3.74. The van der Waals surface area contributed by atoms with E-state index in [1.807, 2.05) is 54.7 Å². The van der Waals surface area contributed by atoms with Crippen LogP contribution in [-0.4, -0.2) is 4.98 Å². The van der Waals surface area contributed by atoms with Crippen LogP contribution in [0.15, 0.2) is 79.1 Å². The molecule has 0 bridgehead atoms. The summed E-state index contributed by atoms with van der Waals surface area (Å²) in [7, 11) is 0. The number of hydrogen-bond donors (Lipinski definition) is 0. The summed E-state index contributed by atoms with van der Waals surface area (Å²) in [6, 6.07) is 22.0. The third kappa shape index (κ3) is 3.23. The van der Waals surface area contributed by atoms with Gasteiger partial charge < -0.3 is 4.74 Å². The first kappa shape index (κ1) is 12.4. The van der Waals surface area contributed by atoms with E-state index in [1.165, 1.54) is 11.1 Å². The van der Waals surface area contributed by atoms with E-state index < -0.39 is 0 Å². The Bertz CT molecular complexity index is 588. The van der Waals surface area contributed by atoms with Crippen LogP contribution < -0.4 is 4.74 Å². The van der Waals surface area contributed by atoms with Gasteiger partial charge in [-0.1, -0.05) is 36.4 Å². The number of rotatable bonds is 4. The summed E-state index contributed by atoms with van der Waals surface area (Å²) in [6.45, 7) is 0. The molecule has 0 N–H and O–H groups in total. The van der Waals surface area contributed by atoms with Crippen LogP contribution in [0.2, 0.25) is 0 Å². The standard InChI is InChI=1S/C18H15NO/c1-2-6-17(7-3-1)20-18-10-8-15(9-11-18)13-16-5-4-12-19-14-16/h1-12,14H,13H2. The van der Waals surface area contributed by atoms with E-state index in [9.17, 15) is 0 Å². The van der Waals surface area contributed by atoms with Crippen molar-refractivity contribution < 1.29 is 4.74 Å². The molecular formula is C18H15NO. The highest BCUT2D eigenvalue weighted by Gasteiger charge is 1.99. The zero-order valence-corrected chi connectivity index (χ0v) is 11.1. The lowest BCUT2D eigenvalue weighted by Gasteiger charge is -2.06. The molecule has 3 rings (SSSR count). The average molecular weight is 261 g/mol. The second kappa shape index (κ2) is 6.02. The molecule has 0 saturated heterocycles. The van der Waals surface area contributed by atoms with Crippen LogP contribution in [-0.2, 0) is 6.42 Å². The van der Waals surface area contributed by atoms with Gasteiger partial charge in [-0.25, -0.2) is 0 Å². The highest BCUT2D eigenvalue weighted by atomic mass is 16.5. The van der Waals surface area contributed by atoms with Crippen LogP contribution in [0, 0.1) is 0 Å². The van der Waals surface area contributed by atoms with Crippen molar-refractivity contribution in [3.63, 3.8) is 0 Å². The number of hydrogen-bond acceptors (Lipinski definition) is 2. The number of pyridine rings is 1. The second-order valence-electron chi connectivity index (χ2n) is 4.60. The fourth-order valence-corrected chi connectivity index (χ4v) is 2.04. The van der Waals surface area contributed by atoms with Gasteiger partial charge in [0.05, 0.1) is 0 Å². The smallest absolute Gasteiger partial charge is 0.127 e. The molecule has 0 aliphatic heterocycles. The van der Waals surface area contributed by atoms with Crippen LogP contribution in [0.3, 0.4) is 0 Å². The Balaban J connectivity index is 1.69. The molecule has 0 saturated carbocycles.